The Balaban J connectivity index is 1.73. The molecule has 2 unspecified atom stereocenters. The van der Waals surface area contributed by atoms with Crippen LogP contribution in [0.5, 0.6) is 11.5 Å². The smallest absolute Gasteiger partial charge is 0.387 e. The minimum absolute atomic E-state index is 0.0706. The van der Waals surface area contributed by atoms with Gasteiger partial charge in [-0.15, -0.1) is 0 Å². The number of aromatic nitrogens is 3. The monoisotopic (exact) mass is 406 g/mol. The van der Waals surface area contributed by atoms with E-state index in [0.717, 1.165) is 11.3 Å². The Morgan fingerprint density at radius 2 is 2.00 bits per heavy atom. The second-order valence-corrected chi connectivity index (χ2v) is 6.75. The molecule has 1 aliphatic heterocycles. The number of hydrogen-bond donors (Lipinski definition) is 1. The summed E-state index contributed by atoms with van der Waals surface area (Å²) in [5, 5.41) is 8.02. The van der Waals surface area contributed by atoms with Crippen LogP contribution in [0.3, 0.4) is 0 Å². The molecular weight excluding hydrogens is 390 g/mol. The largest absolute Gasteiger partial charge is 0.497 e. The van der Waals surface area contributed by atoms with Crippen LogP contribution in [0.15, 0.2) is 48.8 Å². The van der Waals surface area contributed by atoms with Crippen molar-refractivity contribution in [2.45, 2.75) is 25.1 Å². The molecular formula is C19H17ClF2N4O2. The molecule has 146 valence electrons. The third-order valence-electron chi connectivity index (χ3n) is 4.70. The minimum atomic E-state index is -2.94. The first-order valence-electron chi connectivity index (χ1n) is 8.59. The summed E-state index contributed by atoms with van der Waals surface area (Å²) in [5.74, 6) is 1.36. The van der Waals surface area contributed by atoms with E-state index in [2.05, 4.69) is 15.4 Å². The van der Waals surface area contributed by atoms with E-state index in [9.17, 15) is 8.78 Å². The number of ether oxygens (including phenoxy) is 2. The van der Waals surface area contributed by atoms with E-state index >= 15 is 0 Å². The molecule has 1 N–H and O–H groups in total. The van der Waals surface area contributed by atoms with E-state index in [1.54, 1.807) is 17.9 Å². The zero-order chi connectivity index (χ0) is 19.7. The summed E-state index contributed by atoms with van der Waals surface area (Å²) in [4.78, 5) is 4.25. The van der Waals surface area contributed by atoms with Crippen LogP contribution in [0.25, 0.3) is 0 Å². The van der Waals surface area contributed by atoms with Gasteiger partial charge in [0.15, 0.2) is 0 Å². The molecule has 0 saturated carbocycles. The quantitative estimate of drug-likeness (QED) is 0.666. The zero-order valence-electron chi connectivity index (χ0n) is 14.8. The summed E-state index contributed by atoms with van der Waals surface area (Å²) in [5.41, 5.74) is 1.54. The van der Waals surface area contributed by atoms with Crippen LogP contribution in [-0.4, -0.2) is 28.5 Å². The molecule has 3 aromatic rings. The lowest BCUT2D eigenvalue weighted by Crippen LogP contribution is -2.28. The Kier molecular flexibility index (Phi) is 5.04. The Morgan fingerprint density at radius 1 is 1.21 bits per heavy atom. The molecule has 0 amide bonds. The van der Waals surface area contributed by atoms with Gasteiger partial charge < -0.3 is 14.8 Å². The normalized spacial score (nSPS) is 18.5. The summed E-state index contributed by atoms with van der Waals surface area (Å²) >= 11 is 6.14. The van der Waals surface area contributed by atoms with Crippen LogP contribution in [0.1, 0.15) is 29.6 Å². The minimum Gasteiger partial charge on any atom is -0.497 e. The number of methoxy groups -OCH3 is 1. The average Bonchev–Trinajstić information content (AvgIpc) is 3.17. The van der Waals surface area contributed by atoms with Gasteiger partial charge in [0.2, 0.25) is 5.95 Å². The fourth-order valence-electron chi connectivity index (χ4n) is 3.42. The van der Waals surface area contributed by atoms with Gasteiger partial charge in [0.05, 0.1) is 19.2 Å². The van der Waals surface area contributed by atoms with Crippen molar-refractivity contribution in [3.8, 4) is 11.5 Å². The van der Waals surface area contributed by atoms with Crippen molar-refractivity contribution in [2.24, 2.45) is 0 Å². The van der Waals surface area contributed by atoms with Crippen molar-refractivity contribution in [3.05, 3.63) is 64.9 Å². The van der Waals surface area contributed by atoms with Crippen LogP contribution < -0.4 is 14.8 Å². The molecule has 2 atom stereocenters. The highest BCUT2D eigenvalue weighted by Crippen LogP contribution is 2.41. The number of fused-ring (bicyclic) bond motifs is 1. The maximum Gasteiger partial charge on any atom is 0.387 e. The molecule has 28 heavy (non-hydrogen) atoms. The highest BCUT2D eigenvalue weighted by molar-refractivity contribution is 6.30. The van der Waals surface area contributed by atoms with E-state index in [0.29, 0.717) is 23.0 Å². The van der Waals surface area contributed by atoms with Gasteiger partial charge in [-0.25, -0.2) is 4.68 Å². The number of halogens is 3. The first-order valence-corrected chi connectivity index (χ1v) is 8.97. The molecule has 2 heterocycles. The summed E-state index contributed by atoms with van der Waals surface area (Å²) in [6.07, 6.45) is 1.96. The molecule has 0 bridgehead atoms. The van der Waals surface area contributed by atoms with Gasteiger partial charge in [0.1, 0.15) is 17.8 Å². The van der Waals surface area contributed by atoms with Gasteiger partial charge in [0.25, 0.3) is 0 Å². The van der Waals surface area contributed by atoms with E-state index in [4.69, 9.17) is 21.1 Å². The van der Waals surface area contributed by atoms with Crippen LogP contribution in [-0.2, 0) is 0 Å². The molecule has 0 aliphatic carbocycles. The van der Waals surface area contributed by atoms with Crippen LogP contribution in [0.4, 0.5) is 14.7 Å². The number of benzene rings is 2. The second kappa shape index (κ2) is 7.63. The summed E-state index contributed by atoms with van der Waals surface area (Å²) in [6, 6.07) is 11.8. The molecule has 4 rings (SSSR count). The third kappa shape index (κ3) is 3.60. The molecule has 1 aliphatic rings. The van der Waals surface area contributed by atoms with Gasteiger partial charge >= 0.3 is 6.61 Å². The molecule has 0 spiro atoms. The van der Waals surface area contributed by atoms with Gasteiger partial charge in [0, 0.05) is 10.6 Å². The highest BCUT2D eigenvalue weighted by atomic mass is 35.5. The summed E-state index contributed by atoms with van der Waals surface area (Å²) in [7, 11) is 1.61. The zero-order valence-corrected chi connectivity index (χ0v) is 15.6. The Bertz CT molecular complexity index is 965. The van der Waals surface area contributed by atoms with Gasteiger partial charge in [-0.1, -0.05) is 23.7 Å². The molecule has 2 aromatic carbocycles. The number of nitrogens with zero attached hydrogens (tertiary/aromatic N) is 3. The average molecular weight is 407 g/mol. The number of alkyl halides is 2. The first kappa shape index (κ1) is 18.5. The lowest BCUT2D eigenvalue weighted by molar-refractivity contribution is -0.0507. The summed E-state index contributed by atoms with van der Waals surface area (Å²) < 4.78 is 37.4. The number of hydrogen-bond acceptors (Lipinski definition) is 5. The second-order valence-electron chi connectivity index (χ2n) is 6.31. The van der Waals surface area contributed by atoms with Crippen molar-refractivity contribution in [1.29, 1.82) is 0 Å². The summed E-state index contributed by atoms with van der Waals surface area (Å²) in [6.45, 7) is -2.94. The SMILES string of the molecule is COc1ccc(C2CC(c3cc(Cl)ccc3OC(F)F)n3ncnc3N2)cc1. The van der Waals surface area contributed by atoms with Crippen LogP contribution in [0, 0.1) is 0 Å². The highest BCUT2D eigenvalue weighted by Gasteiger charge is 2.32. The standard InChI is InChI=1S/C19H17ClF2N4O2/c1-27-13-5-2-11(3-6-13)15-9-16(26-19(25-15)23-10-24-26)14-8-12(20)4-7-17(14)28-18(21)22/h2-8,10,15-16,18H,9H2,1H3,(H,23,24,25). The fourth-order valence-corrected chi connectivity index (χ4v) is 3.60. The van der Waals surface area contributed by atoms with Crippen molar-refractivity contribution >= 4 is 17.5 Å². The maximum absolute atomic E-state index is 12.9. The Labute approximate surface area is 165 Å². The predicted octanol–water partition coefficient (Wildman–Crippen LogP) is 4.69. The fraction of sp³-hybridized carbons (Fsp3) is 0.263. The van der Waals surface area contributed by atoms with Crippen LogP contribution >= 0.6 is 11.6 Å². The van der Waals surface area contributed by atoms with Crippen molar-refractivity contribution < 1.29 is 18.3 Å². The Hall–Kier alpha value is -2.87. The van der Waals surface area contributed by atoms with Crippen molar-refractivity contribution in [1.82, 2.24) is 14.8 Å². The van der Waals surface area contributed by atoms with E-state index in [1.807, 2.05) is 24.3 Å². The first-order chi connectivity index (χ1) is 13.5. The van der Waals surface area contributed by atoms with Gasteiger partial charge in [-0.3, -0.25) is 0 Å². The van der Waals surface area contributed by atoms with Gasteiger partial charge in [-0.2, -0.15) is 18.9 Å². The van der Waals surface area contributed by atoms with E-state index in [-0.39, 0.29) is 17.8 Å². The van der Waals surface area contributed by atoms with Crippen molar-refractivity contribution in [3.63, 3.8) is 0 Å². The number of nitrogens with one attached hydrogen (secondary N) is 1. The number of rotatable bonds is 5. The molecule has 1 aromatic heterocycles. The molecule has 0 saturated heterocycles. The molecule has 0 fully saturated rings. The molecule has 9 heteroatoms. The Morgan fingerprint density at radius 3 is 2.71 bits per heavy atom. The molecule has 0 radical (unpaired) electrons. The van der Waals surface area contributed by atoms with Crippen molar-refractivity contribution in [2.75, 3.05) is 12.4 Å². The van der Waals surface area contributed by atoms with E-state index < -0.39 is 6.61 Å². The van der Waals surface area contributed by atoms with Gasteiger partial charge in [-0.05, 0) is 42.3 Å². The maximum atomic E-state index is 12.9. The van der Waals surface area contributed by atoms with E-state index in [1.165, 1.54) is 18.5 Å². The third-order valence-corrected chi connectivity index (χ3v) is 4.93. The molecule has 6 nitrogen and oxygen atoms in total. The topological polar surface area (TPSA) is 61.2 Å². The van der Waals surface area contributed by atoms with Crippen LogP contribution in [0.2, 0.25) is 5.02 Å². The predicted molar refractivity (Wildman–Crippen MR) is 100 cm³/mol. The number of anilines is 1. The lowest BCUT2D eigenvalue weighted by Gasteiger charge is -2.32. The lowest BCUT2D eigenvalue weighted by atomic mass is 9.93.